The first-order valence-corrected chi connectivity index (χ1v) is 11.5. The monoisotopic (exact) mass is 474 g/mol. The molecule has 2 amide bonds. The van der Waals surface area contributed by atoms with E-state index in [1.165, 1.54) is 18.1 Å². The Morgan fingerprint density at radius 2 is 1.69 bits per heavy atom. The van der Waals surface area contributed by atoms with Gasteiger partial charge in [-0.1, -0.05) is 31.2 Å². The number of rotatable bonds is 7. The third kappa shape index (κ3) is 3.95. The summed E-state index contributed by atoms with van der Waals surface area (Å²) in [5.74, 6) is -0.619. The summed E-state index contributed by atoms with van der Waals surface area (Å²) in [4.78, 5) is 34.5. The van der Waals surface area contributed by atoms with E-state index < -0.39 is 24.0 Å². The molecule has 3 aromatic rings. The zero-order chi connectivity index (χ0) is 24.5. The largest absolute Gasteiger partial charge is 0.504 e. The quantitative estimate of drug-likeness (QED) is 0.513. The molecule has 3 unspecified atom stereocenters. The first-order chi connectivity index (χ1) is 17.0. The highest BCUT2D eigenvalue weighted by molar-refractivity contribution is 6.23. The van der Waals surface area contributed by atoms with E-state index in [9.17, 15) is 14.7 Å². The Morgan fingerprint density at radius 3 is 2.37 bits per heavy atom. The number of methoxy groups -OCH3 is 1. The number of ether oxygens (including phenoxy) is 2. The number of phenolic OH excluding ortho intramolecular Hbond substituents is 1. The van der Waals surface area contributed by atoms with Gasteiger partial charge in [0.05, 0.1) is 31.1 Å². The van der Waals surface area contributed by atoms with Crippen molar-refractivity contribution in [1.29, 1.82) is 0 Å². The van der Waals surface area contributed by atoms with Gasteiger partial charge in [0, 0.05) is 0 Å². The topological polar surface area (TPSA) is 88.5 Å². The minimum absolute atomic E-state index is 0.0150. The molecule has 8 nitrogen and oxygen atoms in total. The van der Waals surface area contributed by atoms with Gasteiger partial charge in [0.15, 0.2) is 17.6 Å². The van der Waals surface area contributed by atoms with E-state index in [2.05, 4.69) is 0 Å². The number of fused-ring (bicyclic) bond motifs is 1. The molecular formula is C27H26N2O6. The van der Waals surface area contributed by atoms with Gasteiger partial charge >= 0.3 is 0 Å². The average molecular weight is 475 g/mol. The Morgan fingerprint density at radius 1 is 0.943 bits per heavy atom. The number of amides is 2. The predicted molar refractivity (Wildman–Crippen MR) is 129 cm³/mol. The number of hydrogen-bond acceptors (Lipinski definition) is 7. The Kier molecular flexibility index (Phi) is 6.05. The number of carbonyl (C=O) groups is 2. The molecule has 2 fully saturated rings. The predicted octanol–water partition coefficient (Wildman–Crippen LogP) is 4.24. The van der Waals surface area contributed by atoms with E-state index in [0.29, 0.717) is 29.3 Å². The normalized spacial score (nSPS) is 21.4. The lowest BCUT2D eigenvalue weighted by molar-refractivity contribution is -0.126. The molecule has 2 aliphatic rings. The van der Waals surface area contributed by atoms with Crippen molar-refractivity contribution in [2.75, 3.05) is 23.7 Å². The smallest absolute Gasteiger partial charge is 0.266 e. The minimum Gasteiger partial charge on any atom is -0.504 e. The second kappa shape index (κ2) is 9.31. The number of para-hydroxylation sites is 1. The van der Waals surface area contributed by atoms with E-state index in [-0.39, 0.29) is 17.4 Å². The van der Waals surface area contributed by atoms with Crippen LogP contribution in [-0.4, -0.2) is 36.7 Å². The molecule has 0 saturated carbocycles. The Bertz CT molecular complexity index is 1230. The number of hydroxylamine groups is 1. The van der Waals surface area contributed by atoms with Crippen LogP contribution in [0.25, 0.3) is 0 Å². The van der Waals surface area contributed by atoms with E-state index in [4.69, 9.17) is 14.3 Å². The lowest BCUT2D eigenvalue weighted by atomic mass is 9.90. The summed E-state index contributed by atoms with van der Waals surface area (Å²) in [6, 6.07) is 20.5. The van der Waals surface area contributed by atoms with Crippen molar-refractivity contribution in [1.82, 2.24) is 0 Å². The van der Waals surface area contributed by atoms with Crippen LogP contribution >= 0.6 is 0 Å². The second-order valence-corrected chi connectivity index (χ2v) is 8.44. The summed E-state index contributed by atoms with van der Waals surface area (Å²) >= 11 is 0. The molecule has 3 atom stereocenters. The molecule has 35 heavy (non-hydrogen) atoms. The van der Waals surface area contributed by atoms with Crippen molar-refractivity contribution < 1.29 is 29.0 Å². The number of aromatic hydroxyl groups is 1. The Labute approximate surface area is 203 Å². The highest BCUT2D eigenvalue weighted by Crippen LogP contribution is 2.48. The number of nitrogens with zero attached hydrogens (tertiary/aromatic N) is 2. The number of carbonyl (C=O) groups excluding carboxylic acids is 2. The van der Waals surface area contributed by atoms with Crippen molar-refractivity contribution in [2.45, 2.75) is 25.5 Å². The van der Waals surface area contributed by atoms with Crippen molar-refractivity contribution in [3.05, 3.63) is 78.4 Å². The van der Waals surface area contributed by atoms with Crippen LogP contribution in [0.5, 0.6) is 17.2 Å². The third-order valence-electron chi connectivity index (χ3n) is 6.24. The fourth-order valence-corrected chi connectivity index (χ4v) is 4.60. The highest BCUT2D eigenvalue weighted by atomic mass is 16.7. The summed E-state index contributed by atoms with van der Waals surface area (Å²) in [6.45, 7) is 2.61. The van der Waals surface area contributed by atoms with Crippen LogP contribution in [0.4, 0.5) is 11.4 Å². The minimum atomic E-state index is -0.983. The van der Waals surface area contributed by atoms with E-state index in [1.54, 1.807) is 41.5 Å². The first-order valence-electron chi connectivity index (χ1n) is 11.5. The first kappa shape index (κ1) is 22.7. The third-order valence-corrected chi connectivity index (χ3v) is 6.24. The van der Waals surface area contributed by atoms with Crippen molar-refractivity contribution in [2.24, 2.45) is 5.92 Å². The van der Waals surface area contributed by atoms with E-state index in [0.717, 1.165) is 6.42 Å². The van der Waals surface area contributed by atoms with Crippen LogP contribution in [0.1, 0.15) is 24.9 Å². The molecule has 5 rings (SSSR count). The second-order valence-electron chi connectivity index (χ2n) is 8.44. The standard InChI is InChI=1S/C27H26N2O6/c1-3-15-34-20-12-10-18(11-13-20)28-26(31)23-24(17-9-14-21(30)22(16-17)33-2)29(35-25(23)27(28)32)19-7-5-4-6-8-19/h4-14,16,23-25,30H,3,15H2,1-2H3. The average Bonchev–Trinajstić information content (AvgIpc) is 3.40. The number of imide groups is 1. The van der Waals surface area contributed by atoms with Crippen molar-refractivity contribution in [3.8, 4) is 17.2 Å². The molecule has 0 aliphatic carbocycles. The van der Waals surface area contributed by atoms with Crippen molar-refractivity contribution >= 4 is 23.2 Å². The fourth-order valence-electron chi connectivity index (χ4n) is 4.60. The van der Waals surface area contributed by atoms with Gasteiger partial charge < -0.3 is 14.6 Å². The van der Waals surface area contributed by atoms with Gasteiger partial charge in [-0.2, -0.15) is 0 Å². The van der Waals surface area contributed by atoms with Crippen LogP contribution in [0.2, 0.25) is 0 Å². The summed E-state index contributed by atoms with van der Waals surface area (Å²) in [5, 5.41) is 11.7. The maximum absolute atomic E-state index is 13.7. The SMILES string of the molecule is CCCOc1ccc(N2C(=O)C3ON(c4ccccc4)C(c4ccc(O)c(OC)c4)C3C2=O)cc1. The zero-order valence-electron chi connectivity index (χ0n) is 19.5. The van der Waals surface area contributed by atoms with Gasteiger partial charge in [0.1, 0.15) is 11.7 Å². The lowest BCUT2D eigenvalue weighted by Crippen LogP contribution is -2.37. The molecule has 0 bridgehead atoms. The van der Waals surface area contributed by atoms with E-state index >= 15 is 0 Å². The van der Waals surface area contributed by atoms with Gasteiger partial charge in [-0.25, -0.2) is 9.96 Å². The zero-order valence-corrected chi connectivity index (χ0v) is 19.5. The lowest BCUT2D eigenvalue weighted by Gasteiger charge is -2.29. The molecule has 3 aromatic carbocycles. The molecule has 0 aromatic heterocycles. The van der Waals surface area contributed by atoms with Crippen molar-refractivity contribution in [3.63, 3.8) is 0 Å². The molecule has 0 radical (unpaired) electrons. The molecule has 2 heterocycles. The van der Waals surface area contributed by atoms with Gasteiger partial charge in [-0.3, -0.25) is 14.4 Å². The number of anilines is 2. The molecule has 180 valence electrons. The Balaban J connectivity index is 1.52. The Hall–Kier alpha value is -4.04. The number of phenols is 1. The molecule has 0 spiro atoms. The van der Waals surface area contributed by atoms with Crippen LogP contribution < -0.4 is 19.4 Å². The maximum Gasteiger partial charge on any atom is 0.266 e. The number of hydrogen-bond donors (Lipinski definition) is 1. The molecular weight excluding hydrogens is 448 g/mol. The van der Waals surface area contributed by atoms with Crippen LogP contribution in [0.15, 0.2) is 72.8 Å². The van der Waals surface area contributed by atoms with Gasteiger partial charge in [0.25, 0.3) is 5.91 Å². The van der Waals surface area contributed by atoms with Gasteiger partial charge in [0.2, 0.25) is 5.91 Å². The van der Waals surface area contributed by atoms with Crippen LogP contribution in [0, 0.1) is 5.92 Å². The van der Waals surface area contributed by atoms with Crippen LogP contribution in [0.3, 0.4) is 0 Å². The van der Waals surface area contributed by atoms with Crippen LogP contribution in [-0.2, 0) is 14.4 Å². The van der Waals surface area contributed by atoms with E-state index in [1.807, 2.05) is 37.3 Å². The molecule has 1 N–H and O–H groups in total. The number of benzene rings is 3. The molecule has 8 heteroatoms. The molecule has 2 aliphatic heterocycles. The van der Waals surface area contributed by atoms with Gasteiger partial charge in [-0.15, -0.1) is 0 Å². The van der Waals surface area contributed by atoms with Gasteiger partial charge in [-0.05, 0) is 60.5 Å². The summed E-state index contributed by atoms with van der Waals surface area (Å²) in [6.07, 6.45) is -0.101. The summed E-state index contributed by atoms with van der Waals surface area (Å²) < 4.78 is 10.9. The summed E-state index contributed by atoms with van der Waals surface area (Å²) in [7, 11) is 1.46. The molecule has 2 saturated heterocycles. The highest BCUT2D eigenvalue weighted by Gasteiger charge is 2.60. The fraction of sp³-hybridized carbons (Fsp3) is 0.259. The summed E-state index contributed by atoms with van der Waals surface area (Å²) in [5.41, 5.74) is 1.86. The maximum atomic E-state index is 13.7.